The van der Waals surface area contributed by atoms with E-state index in [-0.39, 0.29) is 23.7 Å². The molecule has 2 aliphatic rings. The van der Waals surface area contributed by atoms with Crippen LogP contribution < -0.4 is 5.32 Å². The summed E-state index contributed by atoms with van der Waals surface area (Å²) in [4.78, 5) is 22.6. The van der Waals surface area contributed by atoms with Crippen molar-refractivity contribution in [3.05, 3.63) is 11.6 Å². The van der Waals surface area contributed by atoms with E-state index in [2.05, 4.69) is 18.3 Å². The van der Waals surface area contributed by atoms with E-state index in [9.17, 15) is 9.59 Å². The zero-order chi connectivity index (χ0) is 9.42. The van der Waals surface area contributed by atoms with E-state index >= 15 is 0 Å². The Hall–Kier alpha value is -1.12. The summed E-state index contributed by atoms with van der Waals surface area (Å²) in [6.45, 7) is 2.08. The van der Waals surface area contributed by atoms with Crippen LogP contribution in [0.4, 0.5) is 0 Å². The van der Waals surface area contributed by atoms with Crippen molar-refractivity contribution in [3.63, 3.8) is 0 Å². The van der Waals surface area contributed by atoms with Gasteiger partial charge in [0.25, 0.3) is 0 Å². The molecule has 3 nitrogen and oxygen atoms in total. The van der Waals surface area contributed by atoms with Crippen LogP contribution in [0, 0.1) is 11.8 Å². The number of amides is 2. The van der Waals surface area contributed by atoms with Crippen molar-refractivity contribution in [2.75, 3.05) is 0 Å². The Morgan fingerprint density at radius 3 is 2.77 bits per heavy atom. The number of carbonyl (C=O) groups excluding carboxylic acids is 2. The van der Waals surface area contributed by atoms with Gasteiger partial charge in [-0.2, -0.15) is 0 Å². The number of hydrogen-bond donors (Lipinski definition) is 1. The molecule has 0 radical (unpaired) electrons. The standard InChI is InChI=1S/C10H13NO2/c1-2-6-3-4-7-8(5-6)10(13)11-9(7)12/h3,7-8H,2,4-5H2,1H3,(H,11,12,13). The first kappa shape index (κ1) is 8.48. The van der Waals surface area contributed by atoms with Gasteiger partial charge in [-0.05, 0) is 19.3 Å². The van der Waals surface area contributed by atoms with E-state index in [1.165, 1.54) is 5.57 Å². The number of fused-ring (bicyclic) bond motifs is 1. The fourth-order valence-electron chi connectivity index (χ4n) is 2.13. The lowest BCUT2D eigenvalue weighted by Crippen LogP contribution is -2.22. The highest BCUT2D eigenvalue weighted by Crippen LogP contribution is 2.34. The predicted molar refractivity (Wildman–Crippen MR) is 47.7 cm³/mol. The van der Waals surface area contributed by atoms with Crippen LogP contribution in [0.3, 0.4) is 0 Å². The molecule has 1 aliphatic heterocycles. The Morgan fingerprint density at radius 2 is 2.08 bits per heavy atom. The number of hydrogen-bond acceptors (Lipinski definition) is 2. The maximum absolute atomic E-state index is 11.3. The second-order valence-corrected chi connectivity index (χ2v) is 3.72. The Labute approximate surface area is 77.2 Å². The largest absolute Gasteiger partial charge is 0.296 e. The van der Waals surface area contributed by atoms with Gasteiger partial charge in [0.15, 0.2) is 0 Å². The van der Waals surface area contributed by atoms with Crippen molar-refractivity contribution in [1.82, 2.24) is 5.32 Å². The molecule has 13 heavy (non-hydrogen) atoms. The van der Waals surface area contributed by atoms with E-state index < -0.39 is 0 Å². The van der Waals surface area contributed by atoms with Gasteiger partial charge in [-0.1, -0.05) is 18.6 Å². The summed E-state index contributed by atoms with van der Waals surface area (Å²) in [5.41, 5.74) is 1.31. The normalized spacial score (nSPS) is 32.5. The first-order valence-corrected chi connectivity index (χ1v) is 4.75. The van der Waals surface area contributed by atoms with Gasteiger partial charge in [0.05, 0.1) is 11.8 Å². The molecule has 0 aromatic carbocycles. The van der Waals surface area contributed by atoms with Gasteiger partial charge in [-0.25, -0.2) is 0 Å². The van der Waals surface area contributed by atoms with Gasteiger partial charge in [-0.3, -0.25) is 14.9 Å². The van der Waals surface area contributed by atoms with Crippen molar-refractivity contribution in [2.45, 2.75) is 26.2 Å². The molecule has 2 atom stereocenters. The van der Waals surface area contributed by atoms with E-state index in [4.69, 9.17) is 0 Å². The van der Waals surface area contributed by atoms with Gasteiger partial charge in [0.2, 0.25) is 11.8 Å². The molecule has 3 heteroatoms. The lowest BCUT2D eigenvalue weighted by atomic mass is 9.81. The quantitative estimate of drug-likeness (QED) is 0.482. The molecule has 2 amide bonds. The molecule has 0 aromatic heterocycles. The number of nitrogens with one attached hydrogen (secondary N) is 1. The highest BCUT2D eigenvalue weighted by Gasteiger charge is 2.42. The van der Waals surface area contributed by atoms with Crippen LogP contribution in [0.1, 0.15) is 26.2 Å². The fraction of sp³-hybridized carbons (Fsp3) is 0.600. The average molecular weight is 179 g/mol. The minimum atomic E-state index is -0.0820. The molecular formula is C10H13NO2. The van der Waals surface area contributed by atoms with Crippen LogP contribution >= 0.6 is 0 Å². The van der Waals surface area contributed by atoms with Crippen molar-refractivity contribution in [3.8, 4) is 0 Å². The molecule has 2 rings (SSSR count). The van der Waals surface area contributed by atoms with Gasteiger partial charge in [0.1, 0.15) is 0 Å². The third-order valence-corrected chi connectivity index (χ3v) is 3.00. The molecule has 1 heterocycles. The average Bonchev–Trinajstić information content (AvgIpc) is 2.42. The third kappa shape index (κ3) is 1.28. The first-order chi connectivity index (χ1) is 6.22. The summed E-state index contributed by atoms with van der Waals surface area (Å²) in [6, 6.07) is 0. The van der Waals surface area contributed by atoms with Crippen LogP contribution in [-0.2, 0) is 9.59 Å². The summed E-state index contributed by atoms with van der Waals surface area (Å²) in [7, 11) is 0. The summed E-state index contributed by atoms with van der Waals surface area (Å²) in [5.74, 6) is -0.314. The van der Waals surface area contributed by atoms with E-state index in [1.54, 1.807) is 0 Å². The van der Waals surface area contributed by atoms with Gasteiger partial charge in [0, 0.05) is 0 Å². The van der Waals surface area contributed by atoms with Crippen LogP contribution in [0.15, 0.2) is 11.6 Å². The molecule has 2 unspecified atom stereocenters. The molecule has 1 fully saturated rings. The summed E-state index contributed by atoms with van der Waals surface area (Å²) in [5, 5.41) is 2.39. The molecule has 0 spiro atoms. The SMILES string of the molecule is CCC1=CCC2C(=O)NC(=O)C2C1. The zero-order valence-corrected chi connectivity index (χ0v) is 7.67. The summed E-state index contributed by atoms with van der Waals surface area (Å²) in [6.07, 6.45) is 4.62. The second-order valence-electron chi connectivity index (χ2n) is 3.72. The van der Waals surface area contributed by atoms with E-state index in [0.29, 0.717) is 0 Å². The molecule has 0 aromatic rings. The molecule has 1 aliphatic carbocycles. The highest BCUT2D eigenvalue weighted by molar-refractivity contribution is 6.05. The summed E-state index contributed by atoms with van der Waals surface area (Å²) >= 11 is 0. The van der Waals surface area contributed by atoms with E-state index in [0.717, 1.165) is 19.3 Å². The molecular weight excluding hydrogens is 166 g/mol. The van der Waals surface area contributed by atoms with Gasteiger partial charge in [-0.15, -0.1) is 0 Å². The summed E-state index contributed by atoms with van der Waals surface area (Å²) < 4.78 is 0. The predicted octanol–water partition coefficient (Wildman–Crippen LogP) is 1.01. The lowest BCUT2D eigenvalue weighted by molar-refractivity contribution is -0.126. The van der Waals surface area contributed by atoms with Gasteiger partial charge >= 0.3 is 0 Å². The Morgan fingerprint density at radius 1 is 1.38 bits per heavy atom. The molecule has 1 saturated heterocycles. The highest BCUT2D eigenvalue weighted by atomic mass is 16.2. The van der Waals surface area contributed by atoms with Crippen molar-refractivity contribution >= 4 is 11.8 Å². The Kier molecular flexibility index (Phi) is 1.94. The minimum Gasteiger partial charge on any atom is -0.296 e. The number of imide groups is 1. The second kappa shape index (κ2) is 2.98. The van der Waals surface area contributed by atoms with Crippen LogP contribution in [0.5, 0.6) is 0 Å². The monoisotopic (exact) mass is 179 g/mol. The number of allylic oxidation sites excluding steroid dienone is 2. The Bertz CT molecular complexity index is 293. The van der Waals surface area contributed by atoms with Crippen LogP contribution in [-0.4, -0.2) is 11.8 Å². The lowest BCUT2D eigenvalue weighted by Gasteiger charge is -2.20. The first-order valence-electron chi connectivity index (χ1n) is 4.75. The Balaban J connectivity index is 2.21. The van der Waals surface area contributed by atoms with Crippen molar-refractivity contribution in [1.29, 1.82) is 0 Å². The maximum Gasteiger partial charge on any atom is 0.230 e. The maximum atomic E-state index is 11.3. The molecule has 70 valence electrons. The molecule has 1 N–H and O–H groups in total. The number of carbonyl (C=O) groups is 2. The number of rotatable bonds is 1. The molecule has 0 saturated carbocycles. The van der Waals surface area contributed by atoms with E-state index in [1.807, 2.05) is 0 Å². The van der Waals surface area contributed by atoms with Crippen LogP contribution in [0.2, 0.25) is 0 Å². The minimum absolute atomic E-state index is 0.0750. The fourth-order valence-corrected chi connectivity index (χ4v) is 2.13. The smallest absolute Gasteiger partial charge is 0.230 e. The van der Waals surface area contributed by atoms with Crippen LogP contribution in [0.25, 0.3) is 0 Å². The van der Waals surface area contributed by atoms with Gasteiger partial charge < -0.3 is 0 Å². The van der Waals surface area contributed by atoms with Crippen molar-refractivity contribution < 1.29 is 9.59 Å². The van der Waals surface area contributed by atoms with Crippen molar-refractivity contribution in [2.24, 2.45) is 11.8 Å². The third-order valence-electron chi connectivity index (χ3n) is 3.00. The topological polar surface area (TPSA) is 46.2 Å². The zero-order valence-electron chi connectivity index (χ0n) is 7.67. The molecule has 0 bridgehead atoms.